The van der Waals surface area contributed by atoms with Crippen molar-refractivity contribution in [2.45, 2.75) is 37.8 Å². The largest absolute Gasteiger partial charge is 0.325 e. The Morgan fingerprint density at radius 3 is 2.45 bits per heavy atom. The number of nitriles is 1. The number of nitrogens with one attached hydrogen (secondary N) is 1. The molecule has 1 spiro atoms. The van der Waals surface area contributed by atoms with Gasteiger partial charge in [0.1, 0.15) is 5.54 Å². The maximum absolute atomic E-state index is 12.1. The van der Waals surface area contributed by atoms with E-state index < -0.39 is 5.54 Å². The summed E-state index contributed by atoms with van der Waals surface area (Å²) < 4.78 is 0. The lowest BCUT2D eigenvalue weighted by Gasteiger charge is -2.31. The number of urea groups is 1. The van der Waals surface area contributed by atoms with E-state index in [-0.39, 0.29) is 11.9 Å². The van der Waals surface area contributed by atoms with Crippen LogP contribution in [0.2, 0.25) is 0 Å². The van der Waals surface area contributed by atoms with Crippen LogP contribution in [0.25, 0.3) is 0 Å². The number of hydrogen-bond acceptors (Lipinski definition) is 3. The zero-order valence-corrected chi connectivity index (χ0v) is 11.1. The van der Waals surface area contributed by atoms with Crippen LogP contribution in [-0.4, -0.2) is 22.4 Å². The number of amides is 3. The normalized spacial score (nSPS) is 20.2. The molecule has 5 nitrogen and oxygen atoms in total. The smallest absolute Gasteiger partial charge is 0.305 e. The van der Waals surface area contributed by atoms with Crippen LogP contribution in [-0.2, 0) is 11.3 Å². The van der Waals surface area contributed by atoms with Crippen LogP contribution in [0.1, 0.15) is 36.8 Å². The van der Waals surface area contributed by atoms with Gasteiger partial charge in [-0.05, 0) is 30.5 Å². The van der Waals surface area contributed by atoms with Gasteiger partial charge in [-0.1, -0.05) is 25.0 Å². The number of nitrogens with zero attached hydrogens (tertiary/aromatic N) is 2. The Labute approximate surface area is 117 Å². The molecule has 1 aromatic carbocycles. The summed E-state index contributed by atoms with van der Waals surface area (Å²) in [7, 11) is 0. The fourth-order valence-electron chi connectivity index (χ4n) is 3.15. The van der Waals surface area contributed by atoms with E-state index in [2.05, 4.69) is 11.4 Å². The van der Waals surface area contributed by atoms with Gasteiger partial charge in [-0.25, -0.2) is 4.79 Å². The van der Waals surface area contributed by atoms with E-state index in [9.17, 15) is 9.59 Å². The Balaban J connectivity index is 1.86. The lowest BCUT2D eigenvalue weighted by Crippen LogP contribution is -2.46. The summed E-state index contributed by atoms with van der Waals surface area (Å²) in [6.45, 7) is 0.406. The average molecular weight is 269 g/mol. The molecule has 0 bridgehead atoms. The molecule has 0 unspecified atom stereocenters. The van der Waals surface area contributed by atoms with E-state index in [4.69, 9.17) is 5.26 Å². The summed E-state index contributed by atoms with van der Waals surface area (Å²) in [6.07, 6.45) is 3.43. The van der Waals surface area contributed by atoms with Crippen LogP contribution in [0.4, 0.5) is 4.79 Å². The third kappa shape index (κ3) is 1.85. The van der Waals surface area contributed by atoms with Gasteiger partial charge in [0.05, 0.1) is 11.6 Å². The molecule has 1 aliphatic carbocycles. The lowest BCUT2D eigenvalue weighted by molar-refractivity contribution is -0.126. The minimum atomic E-state index is -0.648. The lowest BCUT2D eigenvalue weighted by atomic mass is 9.95. The second kappa shape index (κ2) is 4.64. The van der Waals surface area contributed by atoms with E-state index in [1.165, 1.54) is 0 Å². The molecule has 3 rings (SSSR count). The molecule has 1 N–H and O–H groups in total. The third-order valence-corrected chi connectivity index (χ3v) is 4.26. The van der Waals surface area contributed by atoms with Gasteiger partial charge in [-0.15, -0.1) is 0 Å². The van der Waals surface area contributed by atoms with Gasteiger partial charge in [-0.2, -0.15) is 5.26 Å². The van der Waals surface area contributed by atoms with Crippen LogP contribution in [0.5, 0.6) is 0 Å². The summed E-state index contributed by atoms with van der Waals surface area (Å²) in [4.78, 5) is 25.8. The van der Waals surface area contributed by atoms with Gasteiger partial charge in [0.2, 0.25) is 0 Å². The Morgan fingerprint density at radius 1 is 1.20 bits per heavy atom. The molecular weight excluding hydrogens is 254 g/mol. The van der Waals surface area contributed by atoms with Crippen molar-refractivity contribution in [1.29, 1.82) is 5.26 Å². The van der Waals surface area contributed by atoms with Crippen LogP contribution in [0.3, 0.4) is 0 Å². The maximum atomic E-state index is 12.1. The molecule has 2 fully saturated rings. The molecule has 2 aliphatic rings. The second-order valence-electron chi connectivity index (χ2n) is 5.39. The fourth-order valence-corrected chi connectivity index (χ4v) is 3.15. The van der Waals surface area contributed by atoms with E-state index >= 15 is 0 Å². The predicted molar refractivity (Wildman–Crippen MR) is 71.4 cm³/mol. The predicted octanol–water partition coefficient (Wildman–Crippen LogP) is 1.92. The summed E-state index contributed by atoms with van der Waals surface area (Å²) in [5.74, 6) is -0.159. The molecule has 0 atom stereocenters. The number of carbonyl (C=O) groups excluding carboxylic acids is 2. The van der Waals surface area contributed by atoms with E-state index in [1.54, 1.807) is 17.0 Å². The van der Waals surface area contributed by atoms with Crippen molar-refractivity contribution in [2.24, 2.45) is 0 Å². The highest BCUT2D eigenvalue weighted by molar-refractivity contribution is 6.07. The first kappa shape index (κ1) is 12.7. The van der Waals surface area contributed by atoms with Crippen LogP contribution < -0.4 is 5.32 Å². The first-order valence-electron chi connectivity index (χ1n) is 6.78. The molecule has 1 saturated heterocycles. The van der Waals surface area contributed by atoms with Gasteiger partial charge in [0, 0.05) is 6.54 Å². The number of carbonyl (C=O) groups is 2. The Bertz CT molecular complexity index is 595. The van der Waals surface area contributed by atoms with Crippen LogP contribution >= 0.6 is 0 Å². The van der Waals surface area contributed by atoms with Crippen molar-refractivity contribution in [3.05, 3.63) is 35.4 Å². The van der Waals surface area contributed by atoms with Gasteiger partial charge in [0.15, 0.2) is 0 Å². The Morgan fingerprint density at radius 2 is 1.85 bits per heavy atom. The van der Waals surface area contributed by atoms with Crippen molar-refractivity contribution in [2.75, 3.05) is 0 Å². The minimum absolute atomic E-state index is 0.159. The Kier molecular flexibility index (Phi) is 2.94. The third-order valence-electron chi connectivity index (χ3n) is 4.26. The van der Waals surface area contributed by atoms with Crippen molar-refractivity contribution < 1.29 is 9.59 Å². The first-order chi connectivity index (χ1) is 9.65. The highest BCUT2D eigenvalue weighted by Gasteiger charge is 2.53. The molecule has 102 valence electrons. The molecule has 1 saturated carbocycles. The summed E-state index contributed by atoms with van der Waals surface area (Å²) >= 11 is 0. The maximum Gasteiger partial charge on any atom is 0.325 e. The van der Waals surface area contributed by atoms with Crippen molar-refractivity contribution in [3.8, 4) is 6.07 Å². The molecule has 1 aromatic rings. The van der Waals surface area contributed by atoms with E-state index in [1.807, 2.05) is 12.1 Å². The quantitative estimate of drug-likeness (QED) is 0.834. The highest BCUT2D eigenvalue weighted by atomic mass is 16.2. The molecule has 1 heterocycles. The SMILES string of the molecule is N#Cc1ccc(CN2C(=O)NC(=O)C23CCCC3)cc1. The summed E-state index contributed by atoms with van der Waals surface area (Å²) in [5, 5.41) is 11.2. The summed E-state index contributed by atoms with van der Waals surface area (Å²) in [6, 6.07) is 8.88. The van der Waals surface area contributed by atoms with Crippen LogP contribution in [0, 0.1) is 11.3 Å². The second-order valence-corrected chi connectivity index (χ2v) is 5.39. The van der Waals surface area contributed by atoms with E-state index in [0.717, 1.165) is 31.2 Å². The van der Waals surface area contributed by atoms with Crippen molar-refractivity contribution in [3.63, 3.8) is 0 Å². The van der Waals surface area contributed by atoms with Gasteiger partial charge >= 0.3 is 6.03 Å². The topological polar surface area (TPSA) is 73.2 Å². The number of hydrogen-bond donors (Lipinski definition) is 1. The molecule has 0 aromatic heterocycles. The number of rotatable bonds is 2. The average Bonchev–Trinajstić information content (AvgIpc) is 3.03. The monoisotopic (exact) mass is 269 g/mol. The summed E-state index contributed by atoms with van der Waals surface area (Å²) in [5.41, 5.74) is 0.872. The molecule has 0 radical (unpaired) electrons. The first-order valence-corrected chi connectivity index (χ1v) is 6.78. The fraction of sp³-hybridized carbons (Fsp3) is 0.400. The molecule has 3 amide bonds. The minimum Gasteiger partial charge on any atom is -0.305 e. The zero-order chi connectivity index (χ0) is 14.2. The zero-order valence-electron chi connectivity index (χ0n) is 11.1. The molecule has 5 heteroatoms. The Hall–Kier alpha value is -2.35. The van der Waals surface area contributed by atoms with Gasteiger partial charge < -0.3 is 4.90 Å². The van der Waals surface area contributed by atoms with Crippen molar-refractivity contribution in [1.82, 2.24) is 10.2 Å². The molecule has 1 aliphatic heterocycles. The molecular formula is C15H15N3O2. The number of imide groups is 1. The number of benzene rings is 1. The highest BCUT2D eigenvalue weighted by Crippen LogP contribution is 2.39. The van der Waals surface area contributed by atoms with E-state index in [0.29, 0.717) is 12.1 Å². The van der Waals surface area contributed by atoms with Gasteiger partial charge in [0.25, 0.3) is 5.91 Å². The van der Waals surface area contributed by atoms with Gasteiger partial charge in [-0.3, -0.25) is 10.1 Å². The standard InChI is InChI=1S/C15H15N3O2/c16-9-11-3-5-12(6-4-11)10-18-14(20)17-13(19)15(18)7-1-2-8-15/h3-6H,1-2,7-8,10H2,(H,17,19,20). The van der Waals surface area contributed by atoms with Crippen LogP contribution in [0.15, 0.2) is 24.3 Å². The molecule has 20 heavy (non-hydrogen) atoms. The van der Waals surface area contributed by atoms with Crippen molar-refractivity contribution >= 4 is 11.9 Å².